The van der Waals surface area contributed by atoms with E-state index in [0.717, 1.165) is 23.1 Å². The molecule has 0 aromatic heterocycles. The van der Waals surface area contributed by atoms with Gasteiger partial charge in [-0.2, -0.15) is 0 Å². The quantitative estimate of drug-likeness (QED) is 0.826. The highest BCUT2D eigenvalue weighted by Crippen LogP contribution is 2.08. The number of aliphatic carboxylic acids is 1. The van der Waals surface area contributed by atoms with Crippen molar-refractivity contribution >= 4 is 11.9 Å². The van der Waals surface area contributed by atoms with Crippen LogP contribution in [0.5, 0.6) is 0 Å². The van der Waals surface area contributed by atoms with E-state index in [1.807, 2.05) is 54.6 Å². The maximum Gasteiger partial charge on any atom is 0.326 e. The molecule has 2 aromatic rings. The van der Waals surface area contributed by atoms with Crippen LogP contribution in [0.3, 0.4) is 0 Å². The van der Waals surface area contributed by atoms with Crippen LogP contribution in [-0.2, 0) is 28.9 Å². The van der Waals surface area contributed by atoms with Gasteiger partial charge in [0.2, 0.25) is 5.91 Å². The van der Waals surface area contributed by atoms with E-state index in [1.54, 1.807) is 0 Å². The topological polar surface area (TPSA) is 66.4 Å². The van der Waals surface area contributed by atoms with Crippen molar-refractivity contribution in [2.24, 2.45) is 0 Å². The van der Waals surface area contributed by atoms with E-state index in [-0.39, 0.29) is 18.7 Å². The Morgan fingerprint density at radius 3 is 2.30 bits per heavy atom. The van der Waals surface area contributed by atoms with Crippen molar-refractivity contribution in [3.8, 4) is 0 Å². The maximum absolute atomic E-state index is 12.1. The predicted molar refractivity (Wildman–Crippen MR) is 89.2 cm³/mol. The molecule has 0 unspecified atom stereocenters. The third-order valence-electron chi connectivity index (χ3n) is 3.68. The van der Waals surface area contributed by atoms with Crippen molar-refractivity contribution in [3.63, 3.8) is 0 Å². The van der Waals surface area contributed by atoms with Crippen LogP contribution in [0.15, 0.2) is 54.6 Å². The Morgan fingerprint density at radius 2 is 1.65 bits per heavy atom. The summed E-state index contributed by atoms with van der Waals surface area (Å²) in [6.07, 6.45) is 1.37. The summed E-state index contributed by atoms with van der Waals surface area (Å²) in [5, 5.41) is 11.9. The zero-order valence-corrected chi connectivity index (χ0v) is 13.2. The van der Waals surface area contributed by atoms with Crippen molar-refractivity contribution in [1.82, 2.24) is 5.32 Å². The summed E-state index contributed by atoms with van der Waals surface area (Å²) in [6.45, 7) is 2.06. The van der Waals surface area contributed by atoms with E-state index in [0.29, 0.717) is 0 Å². The average molecular weight is 311 g/mol. The molecule has 2 rings (SSSR count). The van der Waals surface area contributed by atoms with Gasteiger partial charge < -0.3 is 10.4 Å². The molecule has 0 saturated carbocycles. The minimum Gasteiger partial charge on any atom is -0.480 e. The molecule has 0 aliphatic rings. The van der Waals surface area contributed by atoms with E-state index in [4.69, 9.17) is 0 Å². The normalized spacial score (nSPS) is 11.7. The Kier molecular flexibility index (Phi) is 5.92. The molecule has 0 heterocycles. The predicted octanol–water partition coefficient (Wildman–Crippen LogP) is 2.60. The first kappa shape index (κ1) is 16.7. The molecular weight excluding hydrogens is 290 g/mol. The number of aryl methyl sites for hydroxylation is 1. The van der Waals surface area contributed by atoms with Gasteiger partial charge >= 0.3 is 5.97 Å². The molecule has 0 aliphatic heterocycles. The van der Waals surface area contributed by atoms with Crippen molar-refractivity contribution < 1.29 is 14.7 Å². The van der Waals surface area contributed by atoms with Gasteiger partial charge in [0.05, 0.1) is 6.42 Å². The SMILES string of the molecule is CCc1cccc(CC(=O)N[C@@H](Cc2ccccc2)C(=O)O)c1. The van der Waals surface area contributed by atoms with Gasteiger partial charge in [0.25, 0.3) is 0 Å². The standard InChI is InChI=1S/C19H21NO3/c1-2-14-9-6-10-16(11-14)13-18(21)20-17(19(22)23)12-15-7-4-3-5-8-15/h3-11,17H,2,12-13H2,1H3,(H,20,21)(H,22,23)/t17-/m0/s1. The molecule has 2 aromatic carbocycles. The zero-order valence-electron chi connectivity index (χ0n) is 13.2. The summed E-state index contributed by atoms with van der Waals surface area (Å²) in [6, 6.07) is 16.2. The number of carbonyl (C=O) groups excluding carboxylic acids is 1. The van der Waals surface area contributed by atoms with Gasteiger partial charge in [-0.1, -0.05) is 61.5 Å². The highest BCUT2D eigenvalue weighted by atomic mass is 16.4. The Balaban J connectivity index is 1.99. The number of carboxylic acids is 1. The van der Waals surface area contributed by atoms with Crippen LogP contribution >= 0.6 is 0 Å². The molecule has 0 spiro atoms. The van der Waals surface area contributed by atoms with E-state index in [9.17, 15) is 14.7 Å². The number of benzene rings is 2. The summed E-state index contributed by atoms with van der Waals surface area (Å²) < 4.78 is 0. The van der Waals surface area contributed by atoms with Crippen LogP contribution in [0, 0.1) is 0 Å². The van der Waals surface area contributed by atoms with Gasteiger partial charge in [0, 0.05) is 6.42 Å². The highest BCUT2D eigenvalue weighted by molar-refractivity contribution is 5.85. The lowest BCUT2D eigenvalue weighted by Crippen LogP contribution is -2.43. The van der Waals surface area contributed by atoms with Crippen LogP contribution < -0.4 is 5.32 Å². The zero-order chi connectivity index (χ0) is 16.7. The monoisotopic (exact) mass is 311 g/mol. The van der Waals surface area contributed by atoms with Gasteiger partial charge in [-0.15, -0.1) is 0 Å². The maximum atomic E-state index is 12.1. The summed E-state index contributed by atoms with van der Waals surface area (Å²) in [4.78, 5) is 23.5. The summed E-state index contributed by atoms with van der Waals surface area (Å²) in [5.41, 5.74) is 2.94. The second kappa shape index (κ2) is 8.13. The van der Waals surface area contributed by atoms with E-state index in [2.05, 4.69) is 12.2 Å². The van der Waals surface area contributed by atoms with E-state index >= 15 is 0 Å². The number of amides is 1. The molecule has 4 heteroatoms. The third kappa shape index (κ3) is 5.25. The molecule has 1 atom stereocenters. The molecule has 23 heavy (non-hydrogen) atoms. The van der Waals surface area contributed by atoms with Gasteiger partial charge in [-0.3, -0.25) is 4.79 Å². The molecule has 2 N–H and O–H groups in total. The lowest BCUT2D eigenvalue weighted by Gasteiger charge is -2.15. The van der Waals surface area contributed by atoms with Crippen LogP contribution in [-0.4, -0.2) is 23.0 Å². The number of hydrogen-bond donors (Lipinski definition) is 2. The molecule has 0 fully saturated rings. The Labute approximate surface area is 136 Å². The molecule has 0 aliphatic carbocycles. The fourth-order valence-electron chi connectivity index (χ4n) is 2.44. The second-order valence-electron chi connectivity index (χ2n) is 5.50. The molecule has 120 valence electrons. The van der Waals surface area contributed by atoms with Gasteiger partial charge in [-0.25, -0.2) is 4.79 Å². The number of carboxylic acid groups (broad SMARTS) is 1. The number of hydrogen-bond acceptors (Lipinski definition) is 2. The van der Waals surface area contributed by atoms with Crippen molar-refractivity contribution in [1.29, 1.82) is 0 Å². The largest absolute Gasteiger partial charge is 0.480 e. The number of carbonyl (C=O) groups is 2. The van der Waals surface area contributed by atoms with Gasteiger partial charge in [-0.05, 0) is 23.1 Å². The third-order valence-corrected chi connectivity index (χ3v) is 3.68. The van der Waals surface area contributed by atoms with E-state index < -0.39 is 12.0 Å². The Bertz CT molecular complexity index is 667. The van der Waals surface area contributed by atoms with E-state index in [1.165, 1.54) is 0 Å². The fraction of sp³-hybridized carbons (Fsp3) is 0.263. The van der Waals surface area contributed by atoms with Crippen molar-refractivity contribution in [3.05, 3.63) is 71.3 Å². The highest BCUT2D eigenvalue weighted by Gasteiger charge is 2.20. The molecular formula is C19H21NO3. The van der Waals surface area contributed by atoms with Crippen molar-refractivity contribution in [2.75, 3.05) is 0 Å². The second-order valence-corrected chi connectivity index (χ2v) is 5.50. The first-order valence-electron chi connectivity index (χ1n) is 7.72. The summed E-state index contributed by atoms with van der Waals surface area (Å²) in [7, 11) is 0. The molecule has 4 nitrogen and oxygen atoms in total. The van der Waals surface area contributed by atoms with Crippen LogP contribution in [0.2, 0.25) is 0 Å². The van der Waals surface area contributed by atoms with Crippen LogP contribution in [0.1, 0.15) is 23.6 Å². The molecule has 0 bridgehead atoms. The minimum absolute atomic E-state index is 0.187. The van der Waals surface area contributed by atoms with Gasteiger partial charge in [0.1, 0.15) is 6.04 Å². The lowest BCUT2D eigenvalue weighted by molar-refractivity contribution is -0.141. The fourth-order valence-corrected chi connectivity index (χ4v) is 2.44. The van der Waals surface area contributed by atoms with Crippen LogP contribution in [0.25, 0.3) is 0 Å². The Morgan fingerprint density at radius 1 is 1.00 bits per heavy atom. The Hall–Kier alpha value is -2.62. The summed E-state index contributed by atoms with van der Waals surface area (Å²) in [5.74, 6) is -1.30. The molecule has 0 saturated heterocycles. The van der Waals surface area contributed by atoms with Crippen molar-refractivity contribution in [2.45, 2.75) is 32.2 Å². The average Bonchev–Trinajstić information content (AvgIpc) is 2.55. The molecule has 0 radical (unpaired) electrons. The smallest absolute Gasteiger partial charge is 0.326 e. The van der Waals surface area contributed by atoms with Gasteiger partial charge in [0.15, 0.2) is 0 Å². The first-order chi connectivity index (χ1) is 11.1. The minimum atomic E-state index is -1.02. The molecule has 1 amide bonds. The number of nitrogens with one attached hydrogen (secondary N) is 1. The number of rotatable bonds is 7. The van der Waals surface area contributed by atoms with Crippen LogP contribution in [0.4, 0.5) is 0 Å². The lowest BCUT2D eigenvalue weighted by atomic mass is 10.0. The first-order valence-corrected chi connectivity index (χ1v) is 7.72. The summed E-state index contributed by atoms with van der Waals surface area (Å²) >= 11 is 0.